The van der Waals surface area contributed by atoms with Crippen LogP contribution in [0.15, 0.2) is 0 Å². The Bertz CT molecular complexity index is 181. The molecular formula is C14H29NO2. The minimum Gasteiger partial charge on any atom is -0.376 e. The number of rotatable bonds is 8. The van der Waals surface area contributed by atoms with E-state index in [9.17, 15) is 0 Å². The maximum atomic E-state index is 5.94. The Kier molecular flexibility index (Phi) is 7.82. The third kappa shape index (κ3) is 5.84. The molecule has 1 rings (SSSR count). The summed E-state index contributed by atoms with van der Waals surface area (Å²) in [5.74, 6) is 0. The molecule has 1 saturated heterocycles. The van der Waals surface area contributed by atoms with Gasteiger partial charge in [0.25, 0.3) is 0 Å². The number of nitrogens with one attached hydrogen (secondary N) is 1. The first-order valence-corrected chi connectivity index (χ1v) is 7.24. The number of ether oxygens (including phenoxy) is 2. The molecule has 3 unspecified atom stereocenters. The monoisotopic (exact) mass is 243 g/mol. The van der Waals surface area contributed by atoms with E-state index in [1.165, 1.54) is 19.3 Å². The van der Waals surface area contributed by atoms with Gasteiger partial charge in [-0.3, -0.25) is 0 Å². The van der Waals surface area contributed by atoms with Gasteiger partial charge in [-0.25, -0.2) is 0 Å². The summed E-state index contributed by atoms with van der Waals surface area (Å²) >= 11 is 0. The molecule has 1 heterocycles. The quantitative estimate of drug-likeness (QED) is 0.711. The molecule has 3 atom stereocenters. The maximum Gasteiger partial charge on any atom is 0.0808 e. The summed E-state index contributed by atoms with van der Waals surface area (Å²) in [4.78, 5) is 0. The zero-order valence-corrected chi connectivity index (χ0v) is 11.7. The lowest BCUT2D eigenvalue weighted by Crippen LogP contribution is -2.41. The van der Waals surface area contributed by atoms with Crippen molar-refractivity contribution in [2.24, 2.45) is 0 Å². The van der Waals surface area contributed by atoms with Crippen molar-refractivity contribution in [3.05, 3.63) is 0 Å². The summed E-state index contributed by atoms with van der Waals surface area (Å²) in [6.45, 7) is 9.32. The van der Waals surface area contributed by atoms with Gasteiger partial charge in [0.15, 0.2) is 0 Å². The summed E-state index contributed by atoms with van der Waals surface area (Å²) < 4.78 is 11.6. The fourth-order valence-electron chi connectivity index (χ4n) is 2.29. The van der Waals surface area contributed by atoms with E-state index in [1.54, 1.807) is 0 Å². The van der Waals surface area contributed by atoms with E-state index in [1.807, 2.05) is 0 Å². The molecule has 0 bridgehead atoms. The van der Waals surface area contributed by atoms with Gasteiger partial charge in [0, 0.05) is 12.6 Å². The van der Waals surface area contributed by atoms with Gasteiger partial charge in [0.05, 0.1) is 18.8 Å². The molecule has 0 aromatic heterocycles. The minimum atomic E-state index is 0.275. The highest BCUT2D eigenvalue weighted by molar-refractivity contribution is 4.73. The molecule has 1 fully saturated rings. The Labute approximate surface area is 106 Å². The molecule has 1 aliphatic heterocycles. The van der Waals surface area contributed by atoms with Crippen LogP contribution in [0.25, 0.3) is 0 Å². The lowest BCUT2D eigenvalue weighted by atomic mass is 10.1. The second kappa shape index (κ2) is 8.90. The third-order valence-electron chi connectivity index (χ3n) is 3.48. The molecule has 0 saturated carbocycles. The molecule has 3 nitrogen and oxygen atoms in total. The van der Waals surface area contributed by atoms with E-state index in [0.29, 0.717) is 12.1 Å². The molecule has 0 amide bonds. The van der Waals surface area contributed by atoms with E-state index in [0.717, 1.165) is 32.6 Å². The maximum absolute atomic E-state index is 5.94. The first-order chi connectivity index (χ1) is 8.27. The molecule has 0 aromatic rings. The summed E-state index contributed by atoms with van der Waals surface area (Å²) in [5.41, 5.74) is 0. The molecule has 0 aliphatic carbocycles. The van der Waals surface area contributed by atoms with Crippen LogP contribution >= 0.6 is 0 Å². The Morgan fingerprint density at radius 1 is 1.35 bits per heavy atom. The van der Waals surface area contributed by atoms with E-state index < -0.39 is 0 Å². The summed E-state index contributed by atoms with van der Waals surface area (Å²) in [6.07, 6.45) is 6.55. The van der Waals surface area contributed by atoms with E-state index in [2.05, 4.69) is 26.1 Å². The highest BCUT2D eigenvalue weighted by Crippen LogP contribution is 2.14. The van der Waals surface area contributed by atoms with Gasteiger partial charge < -0.3 is 14.8 Å². The first-order valence-electron chi connectivity index (χ1n) is 7.24. The molecule has 0 radical (unpaired) electrons. The van der Waals surface area contributed by atoms with E-state index in [-0.39, 0.29) is 6.10 Å². The van der Waals surface area contributed by atoms with Crippen molar-refractivity contribution in [3.8, 4) is 0 Å². The normalized spacial score (nSPS) is 24.5. The second-order valence-corrected chi connectivity index (χ2v) is 5.00. The summed E-state index contributed by atoms with van der Waals surface area (Å²) in [5, 5.41) is 3.54. The fourth-order valence-corrected chi connectivity index (χ4v) is 2.29. The highest BCUT2D eigenvalue weighted by atomic mass is 16.5. The lowest BCUT2D eigenvalue weighted by Gasteiger charge is -2.28. The van der Waals surface area contributed by atoms with Crippen LogP contribution in [0, 0.1) is 0 Å². The Balaban J connectivity index is 2.18. The van der Waals surface area contributed by atoms with E-state index >= 15 is 0 Å². The average molecular weight is 243 g/mol. The molecule has 17 heavy (non-hydrogen) atoms. The second-order valence-electron chi connectivity index (χ2n) is 5.00. The third-order valence-corrected chi connectivity index (χ3v) is 3.48. The van der Waals surface area contributed by atoms with Crippen molar-refractivity contribution in [2.75, 3.05) is 19.8 Å². The minimum absolute atomic E-state index is 0.275. The van der Waals surface area contributed by atoms with Crippen LogP contribution in [0.3, 0.4) is 0 Å². The topological polar surface area (TPSA) is 30.5 Å². The molecule has 1 N–H and O–H groups in total. The van der Waals surface area contributed by atoms with Gasteiger partial charge in [-0.05, 0) is 45.6 Å². The number of hydrogen-bond acceptors (Lipinski definition) is 3. The Hall–Kier alpha value is -0.120. The van der Waals surface area contributed by atoms with Gasteiger partial charge in [0.1, 0.15) is 0 Å². The van der Waals surface area contributed by atoms with Crippen LogP contribution < -0.4 is 5.32 Å². The standard InChI is InChI=1S/C14H29NO2/c1-4-9-15-14(5-2)12(3)17-11-13-8-6-7-10-16-13/h12-15H,4-11H2,1-3H3. The van der Waals surface area contributed by atoms with Gasteiger partial charge in [0.2, 0.25) is 0 Å². The van der Waals surface area contributed by atoms with Crippen molar-refractivity contribution in [1.82, 2.24) is 5.32 Å². The zero-order chi connectivity index (χ0) is 12.5. The molecular weight excluding hydrogens is 214 g/mol. The average Bonchev–Trinajstić information content (AvgIpc) is 2.38. The van der Waals surface area contributed by atoms with Gasteiger partial charge >= 0.3 is 0 Å². The predicted molar refractivity (Wildman–Crippen MR) is 71.4 cm³/mol. The van der Waals surface area contributed by atoms with E-state index in [4.69, 9.17) is 9.47 Å². The Morgan fingerprint density at radius 3 is 2.76 bits per heavy atom. The lowest BCUT2D eigenvalue weighted by molar-refractivity contribution is -0.0663. The number of hydrogen-bond donors (Lipinski definition) is 1. The van der Waals surface area contributed by atoms with Gasteiger partial charge in [-0.2, -0.15) is 0 Å². The van der Waals surface area contributed by atoms with Crippen LogP contribution in [-0.2, 0) is 9.47 Å². The van der Waals surface area contributed by atoms with Crippen LogP contribution in [0.5, 0.6) is 0 Å². The van der Waals surface area contributed by atoms with Crippen molar-refractivity contribution in [2.45, 2.75) is 71.1 Å². The van der Waals surface area contributed by atoms with Crippen molar-refractivity contribution < 1.29 is 9.47 Å². The van der Waals surface area contributed by atoms with Crippen LogP contribution in [0.1, 0.15) is 52.9 Å². The molecule has 0 aromatic carbocycles. The van der Waals surface area contributed by atoms with Crippen molar-refractivity contribution in [1.29, 1.82) is 0 Å². The zero-order valence-electron chi connectivity index (χ0n) is 11.7. The molecule has 3 heteroatoms. The van der Waals surface area contributed by atoms with Crippen molar-refractivity contribution in [3.63, 3.8) is 0 Å². The highest BCUT2D eigenvalue weighted by Gasteiger charge is 2.19. The van der Waals surface area contributed by atoms with Crippen molar-refractivity contribution >= 4 is 0 Å². The molecule has 102 valence electrons. The largest absolute Gasteiger partial charge is 0.376 e. The molecule has 0 spiro atoms. The summed E-state index contributed by atoms with van der Waals surface area (Å²) in [7, 11) is 0. The van der Waals surface area contributed by atoms with Crippen LogP contribution in [0.4, 0.5) is 0 Å². The Morgan fingerprint density at radius 2 is 2.18 bits per heavy atom. The van der Waals surface area contributed by atoms with Crippen LogP contribution in [-0.4, -0.2) is 38.0 Å². The first kappa shape index (κ1) is 14.9. The van der Waals surface area contributed by atoms with Gasteiger partial charge in [-0.1, -0.05) is 13.8 Å². The molecule has 1 aliphatic rings. The smallest absolute Gasteiger partial charge is 0.0808 e. The van der Waals surface area contributed by atoms with Gasteiger partial charge in [-0.15, -0.1) is 0 Å². The fraction of sp³-hybridized carbons (Fsp3) is 1.00. The summed E-state index contributed by atoms with van der Waals surface area (Å²) in [6, 6.07) is 0.471. The SMILES string of the molecule is CCCNC(CC)C(C)OCC1CCCCO1. The van der Waals surface area contributed by atoms with Crippen LogP contribution in [0.2, 0.25) is 0 Å². The predicted octanol–water partition coefficient (Wildman–Crippen LogP) is 2.74.